The van der Waals surface area contributed by atoms with Gasteiger partial charge in [-0.1, -0.05) is 6.92 Å². The second-order valence-electron chi connectivity index (χ2n) is 4.41. The molecule has 1 aromatic rings. The predicted octanol–water partition coefficient (Wildman–Crippen LogP) is 2.19. The van der Waals surface area contributed by atoms with E-state index < -0.39 is 22.6 Å². The molecule has 2 unspecified atom stereocenters. The topological polar surface area (TPSA) is 98.9 Å². The zero-order valence-electron chi connectivity index (χ0n) is 10.5. The smallest absolute Gasteiger partial charge is 0.314 e. The molecule has 0 amide bonds. The highest BCUT2D eigenvalue weighted by Crippen LogP contribution is 2.44. The van der Waals surface area contributed by atoms with E-state index >= 15 is 0 Å². The summed E-state index contributed by atoms with van der Waals surface area (Å²) in [6, 6.07) is 3.93. The van der Waals surface area contributed by atoms with Gasteiger partial charge in [0, 0.05) is 13.0 Å². The van der Waals surface area contributed by atoms with Gasteiger partial charge in [0.2, 0.25) is 0 Å². The van der Waals surface area contributed by atoms with Crippen LogP contribution in [0.1, 0.15) is 20.3 Å². The normalized spacial score (nSPS) is 22.0. The Kier molecular flexibility index (Phi) is 3.05. The first-order valence-corrected chi connectivity index (χ1v) is 5.76. The molecule has 0 aromatic heterocycles. The van der Waals surface area contributed by atoms with Gasteiger partial charge in [-0.15, -0.1) is 0 Å². The summed E-state index contributed by atoms with van der Waals surface area (Å²) in [7, 11) is 0. The summed E-state index contributed by atoms with van der Waals surface area (Å²) in [5.41, 5.74) is -0.130. The Hall–Kier alpha value is -2.31. The minimum Gasteiger partial charge on any atom is -0.481 e. The third-order valence-electron chi connectivity index (χ3n) is 3.10. The lowest BCUT2D eigenvalue weighted by Crippen LogP contribution is -2.46. The van der Waals surface area contributed by atoms with Crippen LogP contribution < -0.4 is 9.47 Å². The summed E-state index contributed by atoms with van der Waals surface area (Å²) >= 11 is 0. The molecule has 2 atom stereocenters. The van der Waals surface area contributed by atoms with Crippen molar-refractivity contribution in [1.82, 2.24) is 0 Å². The minimum absolute atomic E-state index is 0.130. The van der Waals surface area contributed by atoms with Crippen molar-refractivity contribution in [2.75, 3.05) is 0 Å². The number of non-ortho nitro benzene ring substituents is 1. The third kappa shape index (κ3) is 2.18. The molecule has 0 aliphatic carbocycles. The Bertz CT molecular complexity index is 543. The number of nitrogens with zero attached hydrogens (tertiary/aromatic N) is 1. The number of benzene rings is 1. The van der Waals surface area contributed by atoms with Gasteiger partial charge < -0.3 is 14.6 Å². The molecule has 1 N–H and O–H groups in total. The van der Waals surface area contributed by atoms with Gasteiger partial charge in [0.05, 0.1) is 11.0 Å². The zero-order valence-corrected chi connectivity index (χ0v) is 10.5. The lowest BCUT2D eigenvalue weighted by Gasteiger charge is -2.28. The monoisotopic (exact) mass is 267 g/mol. The van der Waals surface area contributed by atoms with Crippen molar-refractivity contribution in [3.63, 3.8) is 0 Å². The fraction of sp³-hybridized carbons (Fsp3) is 0.417. The molecule has 1 aliphatic rings. The number of hydrogen-bond donors (Lipinski definition) is 1. The van der Waals surface area contributed by atoms with Gasteiger partial charge in [-0.3, -0.25) is 14.9 Å². The first-order valence-electron chi connectivity index (χ1n) is 5.76. The molecule has 7 heteroatoms. The molecule has 1 aromatic carbocycles. The lowest BCUT2D eigenvalue weighted by molar-refractivity contribution is -0.384. The molecule has 2 rings (SSSR count). The second-order valence-corrected chi connectivity index (χ2v) is 4.41. The van der Waals surface area contributed by atoms with Crippen molar-refractivity contribution in [1.29, 1.82) is 0 Å². The van der Waals surface area contributed by atoms with Gasteiger partial charge >= 0.3 is 5.97 Å². The summed E-state index contributed by atoms with van der Waals surface area (Å²) in [6.45, 7) is 3.23. The van der Waals surface area contributed by atoms with E-state index in [4.69, 9.17) is 14.6 Å². The molecule has 7 nitrogen and oxygen atoms in total. The molecule has 19 heavy (non-hydrogen) atoms. The molecule has 0 fully saturated rings. The van der Waals surface area contributed by atoms with Gasteiger partial charge in [-0.05, 0) is 12.5 Å². The molecule has 0 radical (unpaired) electrons. The van der Waals surface area contributed by atoms with Crippen molar-refractivity contribution in [3.05, 3.63) is 28.3 Å². The van der Waals surface area contributed by atoms with Crippen LogP contribution in [0.25, 0.3) is 0 Å². The Morgan fingerprint density at radius 1 is 1.47 bits per heavy atom. The summed E-state index contributed by atoms with van der Waals surface area (Å²) in [5.74, 6) is -2.74. The second kappa shape index (κ2) is 4.42. The summed E-state index contributed by atoms with van der Waals surface area (Å²) in [4.78, 5) is 21.3. The van der Waals surface area contributed by atoms with Gasteiger partial charge in [0.25, 0.3) is 11.5 Å². The van der Waals surface area contributed by atoms with Crippen molar-refractivity contribution in [2.24, 2.45) is 5.92 Å². The molecule has 102 valence electrons. The van der Waals surface area contributed by atoms with Crippen LogP contribution in [0.15, 0.2) is 18.2 Å². The Balaban J connectivity index is 2.33. The number of carbonyl (C=O) groups is 1. The van der Waals surface area contributed by atoms with E-state index in [-0.39, 0.29) is 11.4 Å². The fourth-order valence-electron chi connectivity index (χ4n) is 2.14. The van der Waals surface area contributed by atoms with E-state index in [0.29, 0.717) is 12.2 Å². The average molecular weight is 267 g/mol. The minimum atomic E-state index is -1.35. The van der Waals surface area contributed by atoms with Crippen LogP contribution in [0.3, 0.4) is 0 Å². The maximum Gasteiger partial charge on any atom is 0.314 e. The van der Waals surface area contributed by atoms with Crippen LogP contribution in [-0.4, -0.2) is 21.8 Å². The number of fused-ring (bicyclic) bond motifs is 1. The van der Waals surface area contributed by atoms with Crippen LogP contribution >= 0.6 is 0 Å². The largest absolute Gasteiger partial charge is 0.481 e. The van der Waals surface area contributed by atoms with E-state index in [9.17, 15) is 14.9 Å². The van der Waals surface area contributed by atoms with Crippen LogP contribution in [0.5, 0.6) is 11.5 Å². The number of ether oxygens (including phenoxy) is 2. The lowest BCUT2D eigenvalue weighted by atomic mass is 9.97. The van der Waals surface area contributed by atoms with E-state index in [1.807, 2.05) is 0 Å². The predicted molar refractivity (Wildman–Crippen MR) is 64.2 cm³/mol. The van der Waals surface area contributed by atoms with Gasteiger partial charge in [-0.25, -0.2) is 0 Å². The molecule has 1 heterocycles. The molecule has 0 saturated carbocycles. The van der Waals surface area contributed by atoms with Crippen LogP contribution in [0.4, 0.5) is 5.69 Å². The number of hydrogen-bond acceptors (Lipinski definition) is 5. The first-order chi connectivity index (χ1) is 8.87. The van der Waals surface area contributed by atoms with Crippen molar-refractivity contribution >= 4 is 11.7 Å². The SMILES string of the molecule is CCC(C(=O)O)C1(C)Oc2ccc([N+](=O)[O-])cc2O1. The molecule has 0 saturated heterocycles. The zero-order chi connectivity index (χ0) is 14.2. The molecular formula is C12H13NO6. The molecule has 1 aliphatic heterocycles. The van der Waals surface area contributed by atoms with E-state index in [0.717, 1.165) is 0 Å². The van der Waals surface area contributed by atoms with E-state index in [2.05, 4.69) is 0 Å². The fourth-order valence-corrected chi connectivity index (χ4v) is 2.14. The number of carboxylic acids is 1. The highest BCUT2D eigenvalue weighted by Gasteiger charge is 2.47. The molecule has 0 spiro atoms. The highest BCUT2D eigenvalue weighted by atomic mass is 16.7. The van der Waals surface area contributed by atoms with E-state index in [1.54, 1.807) is 6.92 Å². The maximum atomic E-state index is 11.2. The standard InChI is InChI=1S/C12H13NO6/c1-3-8(11(14)15)12(2)18-9-5-4-7(13(16)17)6-10(9)19-12/h4-6,8H,3H2,1-2H3,(H,14,15). The van der Waals surface area contributed by atoms with Crippen molar-refractivity contribution in [3.8, 4) is 11.5 Å². The number of aliphatic carboxylic acids is 1. The number of nitro groups is 1. The van der Waals surface area contributed by atoms with Crippen LogP contribution in [0, 0.1) is 16.0 Å². The van der Waals surface area contributed by atoms with Crippen LogP contribution in [-0.2, 0) is 4.79 Å². The first kappa shape index (κ1) is 13.1. The van der Waals surface area contributed by atoms with Gasteiger partial charge in [0.15, 0.2) is 11.5 Å². The molecule has 0 bridgehead atoms. The highest BCUT2D eigenvalue weighted by molar-refractivity contribution is 5.71. The van der Waals surface area contributed by atoms with Gasteiger partial charge in [-0.2, -0.15) is 0 Å². The maximum absolute atomic E-state index is 11.2. The summed E-state index contributed by atoms with van der Waals surface area (Å²) in [6.07, 6.45) is 0.321. The molecular weight excluding hydrogens is 254 g/mol. The number of carboxylic acid groups (broad SMARTS) is 1. The Morgan fingerprint density at radius 2 is 2.11 bits per heavy atom. The Morgan fingerprint density at radius 3 is 2.63 bits per heavy atom. The number of nitro benzene ring substituents is 1. The quantitative estimate of drug-likeness (QED) is 0.663. The summed E-state index contributed by atoms with van der Waals surface area (Å²) < 4.78 is 11.0. The number of rotatable bonds is 4. The van der Waals surface area contributed by atoms with Crippen LogP contribution in [0.2, 0.25) is 0 Å². The summed E-state index contributed by atoms with van der Waals surface area (Å²) in [5, 5.41) is 19.8. The van der Waals surface area contributed by atoms with Gasteiger partial charge in [0.1, 0.15) is 5.92 Å². The van der Waals surface area contributed by atoms with E-state index in [1.165, 1.54) is 25.1 Å². The van der Waals surface area contributed by atoms with Crippen molar-refractivity contribution in [2.45, 2.75) is 26.1 Å². The van der Waals surface area contributed by atoms with Crippen molar-refractivity contribution < 1.29 is 24.3 Å². The Labute approximate surface area is 108 Å². The average Bonchev–Trinajstić information content (AvgIpc) is 2.64. The third-order valence-corrected chi connectivity index (χ3v) is 3.10.